The molecule has 0 aromatic heterocycles. The van der Waals surface area contributed by atoms with E-state index in [1.54, 1.807) is 6.07 Å². The summed E-state index contributed by atoms with van der Waals surface area (Å²) in [4.78, 5) is 0. The standard InChI is InChI=1S/C26H34O5S/c1-4-7-18(14-19-11-13-23(28)21-9-6-5-8-20(19)21)10-12-24(29)26-22(17(2)3)16-32(30,31)25(26)15-27/h5-6,8-9,11,13-14,17,24-25,27-29H,4,7,10,12,15-16H2,1-3H3/b18-14+/t24-,25+/m1/s1. The molecule has 5 nitrogen and oxygen atoms in total. The fourth-order valence-electron chi connectivity index (χ4n) is 4.66. The second-order valence-electron chi connectivity index (χ2n) is 8.94. The number of aliphatic hydroxyl groups is 2. The van der Waals surface area contributed by atoms with Crippen LogP contribution in [0.1, 0.15) is 52.0 Å². The van der Waals surface area contributed by atoms with Gasteiger partial charge in [-0.25, -0.2) is 8.42 Å². The van der Waals surface area contributed by atoms with Gasteiger partial charge in [0.05, 0.1) is 18.5 Å². The fourth-order valence-corrected chi connectivity index (χ4v) is 6.72. The first-order valence-electron chi connectivity index (χ1n) is 11.3. The van der Waals surface area contributed by atoms with E-state index < -0.39 is 27.8 Å². The molecule has 0 radical (unpaired) electrons. The number of rotatable bonds is 9. The predicted octanol–water partition coefficient (Wildman–Crippen LogP) is 4.61. The Balaban J connectivity index is 1.88. The van der Waals surface area contributed by atoms with Gasteiger partial charge in [-0.1, -0.05) is 69.2 Å². The van der Waals surface area contributed by atoms with E-state index in [0.717, 1.165) is 40.3 Å². The summed E-state index contributed by atoms with van der Waals surface area (Å²) in [5, 5.41) is 31.7. The first-order chi connectivity index (χ1) is 15.2. The molecule has 2 aromatic rings. The minimum Gasteiger partial charge on any atom is -0.507 e. The molecule has 0 saturated heterocycles. The molecule has 0 aliphatic carbocycles. The van der Waals surface area contributed by atoms with E-state index in [2.05, 4.69) is 13.0 Å². The van der Waals surface area contributed by atoms with Crippen LogP contribution in [0, 0.1) is 5.92 Å². The van der Waals surface area contributed by atoms with Crippen LogP contribution in [-0.4, -0.2) is 47.5 Å². The van der Waals surface area contributed by atoms with Crippen molar-refractivity contribution in [3.63, 3.8) is 0 Å². The summed E-state index contributed by atoms with van der Waals surface area (Å²) in [6, 6.07) is 11.3. The monoisotopic (exact) mass is 458 g/mol. The third-order valence-electron chi connectivity index (χ3n) is 6.33. The van der Waals surface area contributed by atoms with Gasteiger partial charge in [0.15, 0.2) is 9.84 Å². The van der Waals surface area contributed by atoms with Crippen LogP contribution < -0.4 is 0 Å². The highest BCUT2D eigenvalue weighted by Gasteiger charge is 2.41. The second kappa shape index (κ2) is 10.2. The molecule has 0 spiro atoms. The van der Waals surface area contributed by atoms with E-state index in [-0.39, 0.29) is 17.4 Å². The SMILES string of the molecule is CCC/C(=C\c1ccc(O)c2ccccc12)CC[C@@H](O)C1=C(C(C)C)CS(=O)(=O)[C@H]1CO. The number of hydrogen-bond donors (Lipinski definition) is 3. The molecule has 6 heteroatoms. The van der Waals surface area contributed by atoms with Crippen LogP contribution in [0.3, 0.4) is 0 Å². The predicted molar refractivity (Wildman–Crippen MR) is 130 cm³/mol. The van der Waals surface area contributed by atoms with Crippen molar-refractivity contribution >= 4 is 26.7 Å². The maximum atomic E-state index is 12.5. The van der Waals surface area contributed by atoms with E-state index >= 15 is 0 Å². The van der Waals surface area contributed by atoms with Gasteiger partial charge in [-0.2, -0.15) is 0 Å². The number of sulfone groups is 1. The van der Waals surface area contributed by atoms with Crippen LogP contribution in [0.4, 0.5) is 0 Å². The molecule has 0 fully saturated rings. The van der Waals surface area contributed by atoms with Gasteiger partial charge in [0, 0.05) is 5.39 Å². The second-order valence-corrected chi connectivity index (χ2v) is 11.1. The number of hydrogen-bond acceptors (Lipinski definition) is 5. The summed E-state index contributed by atoms with van der Waals surface area (Å²) in [5.41, 5.74) is 3.40. The van der Waals surface area contributed by atoms with E-state index in [1.807, 2.05) is 44.2 Å². The van der Waals surface area contributed by atoms with E-state index in [9.17, 15) is 23.7 Å². The average molecular weight is 459 g/mol. The molecule has 0 bridgehead atoms. The molecule has 3 rings (SSSR count). The molecule has 1 heterocycles. The quantitative estimate of drug-likeness (QED) is 0.477. The van der Waals surface area contributed by atoms with Crippen LogP contribution in [0.2, 0.25) is 0 Å². The average Bonchev–Trinajstić information content (AvgIpc) is 3.04. The van der Waals surface area contributed by atoms with Gasteiger partial charge in [0.1, 0.15) is 11.0 Å². The summed E-state index contributed by atoms with van der Waals surface area (Å²) in [6.45, 7) is 5.46. The van der Waals surface area contributed by atoms with Gasteiger partial charge in [-0.15, -0.1) is 0 Å². The lowest BCUT2D eigenvalue weighted by molar-refractivity contribution is 0.187. The molecular formula is C26H34O5S. The van der Waals surface area contributed by atoms with Crippen LogP contribution in [-0.2, 0) is 9.84 Å². The van der Waals surface area contributed by atoms with E-state index in [0.29, 0.717) is 18.4 Å². The Bertz CT molecular complexity index is 1130. The highest BCUT2D eigenvalue weighted by molar-refractivity contribution is 7.92. The van der Waals surface area contributed by atoms with Crippen molar-refractivity contribution in [1.29, 1.82) is 0 Å². The molecule has 1 aliphatic rings. The zero-order valence-electron chi connectivity index (χ0n) is 19.1. The van der Waals surface area contributed by atoms with Gasteiger partial charge in [0.25, 0.3) is 0 Å². The molecule has 0 unspecified atom stereocenters. The van der Waals surface area contributed by atoms with Crippen molar-refractivity contribution in [2.24, 2.45) is 5.92 Å². The Morgan fingerprint density at radius 2 is 1.81 bits per heavy atom. The lowest BCUT2D eigenvalue weighted by Crippen LogP contribution is -2.29. The first kappa shape index (κ1) is 24.5. The van der Waals surface area contributed by atoms with Gasteiger partial charge in [0.2, 0.25) is 0 Å². The van der Waals surface area contributed by atoms with Gasteiger partial charge < -0.3 is 15.3 Å². The number of aromatic hydroxyl groups is 1. The summed E-state index contributed by atoms with van der Waals surface area (Å²) >= 11 is 0. The summed E-state index contributed by atoms with van der Waals surface area (Å²) in [7, 11) is -3.47. The van der Waals surface area contributed by atoms with Gasteiger partial charge in [-0.3, -0.25) is 0 Å². The largest absolute Gasteiger partial charge is 0.507 e. The zero-order chi connectivity index (χ0) is 23.5. The van der Waals surface area contributed by atoms with Crippen molar-refractivity contribution < 1.29 is 23.7 Å². The Labute approximate surface area is 191 Å². The van der Waals surface area contributed by atoms with E-state index in [4.69, 9.17) is 0 Å². The Kier molecular flexibility index (Phi) is 7.80. The Hall–Kier alpha value is -2.15. The van der Waals surface area contributed by atoms with E-state index in [1.165, 1.54) is 0 Å². The maximum Gasteiger partial charge on any atom is 0.163 e. The number of allylic oxidation sites excluding steroid dienone is 1. The van der Waals surface area contributed by atoms with Crippen molar-refractivity contribution in [3.05, 3.63) is 58.7 Å². The summed E-state index contributed by atoms with van der Waals surface area (Å²) < 4.78 is 25.0. The van der Waals surface area contributed by atoms with Crippen LogP contribution in [0.15, 0.2) is 53.1 Å². The first-order valence-corrected chi connectivity index (χ1v) is 13.0. The molecule has 0 amide bonds. The number of aliphatic hydroxyl groups excluding tert-OH is 2. The third-order valence-corrected chi connectivity index (χ3v) is 8.32. The van der Waals surface area contributed by atoms with Crippen molar-refractivity contribution in [3.8, 4) is 5.75 Å². The molecule has 32 heavy (non-hydrogen) atoms. The van der Waals surface area contributed by atoms with Crippen LogP contribution in [0.25, 0.3) is 16.8 Å². The lowest BCUT2D eigenvalue weighted by atomic mass is 9.89. The molecule has 1 aliphatic heterocycles. The van der Waals surface area contributed by atoms with Gasteiger partial charge in [-0.05, 0) is 53.3 Å². The van der Waals surface area contributed by atoms with Crippen molar-refractivity contribution in [1.82, 2.24) is 0 Å². The fraction of sp³-hybridized carbons (Fsp3) is 0.462. The Morgan fingerprint density at radius 1 is 1.12 bits per heavy atom. The number of phenols is 1. The Morgan fingerprint density at radius 3 is 2.44 bits per heavy atom. The highest BCUT2D eigenvalue weighted by atomic mass is 32.2. The number of phenolic OH excluding ortho intramolecular Hbond substituents is 1. The molecular weight excluding hydrogens is 424 g/mol. The number of fused-ring (bicyclic) bond motifs is 1. The van der Waals surface area contributed by atoms with Crippen LogP contribution >= 0.6 is 0 Å². The molecule has 174 valence electrons. The van der Waals surface area contributed by atoms with Crippen molar-refractivity contribution in [2.75, 3.05) is 12.4 Å². The molecule has 2 aromatic carbocycles. The van der Waals surface area contributed by atoms with Gasteiger partial charge >= 0.3 is 0 Å². The highest BCUT2D eigenvalue weighted by Crippen LogP contribution is 2.36. The summed E-state index contributed by atoms with van der Waals surface area (Å²) in [5.74, 6) is 0.162. The molecule has 2 atom stereocenters. The van der Waals surface area contributed by atoms with Crippen molar-refractivity contribution in [2.45, 2.75) is 57.8 Å². The lowest BCUT2D eigenvalue weighted by Gasteiger charge is -2.21. The van der Waals surface area contributed by atoms with Crippen LogP contribution in [0.5, 0.6) is 5.75 Å². The smallest absolute Gasteiger partial charge is 0.163 e. The third kappa shape index (κ3) is 5.08. The zero-order valence-corrected chi connectivity index (χ0v) is 19.9. The summed E-state index contributed by atoms with van der Waals surface area (Å²) in [6.07, 6.45) is 4.05. The molecule has 0 saturated carbocycles. The minimum atomic E-state index is -3.47. The topological polar surface area (TPSA) is 94.8 Å². The molecule has 3 N–H and O–H groups in total. The normalized spacial score (nSPS) is 19.8. The number of benzene rings is 2. The minimum absolute atomic E-state index is 0.00000924. The maximum absolute atomic E-state index is 12.5.